The van der Waals surface area contributed by atoms with E-state index in [1.165, 1.54) is 12.3 Å². The molecule has 0 spiro atoms. The normalized spacial score (nSPS) is 21.5. The predicted molar refractivity (Wildman–Crippen MR) is 65.2 cm³/mol. The van der Waals surface area contributed by atoms with Gasteiger partial charge in [-0.15, -0.1) is 4.91 Å². The first-order valence-electron chi connectivity index (χ1n) is 5.36. The second kappa shape index (κ2) is 6.43. The van der Waals surface area contributed by atoms with Crippen LogP contribution in [-0.2, 0) is 9.59 Å². The third kappa shape index (κ3) is 3.62. The number of carbonyl (C=O) groups is 2. The summed E-state index contributed by atoms with van der Waals surface area (Å²) in [5.41, 5.74) is 0.491. The number of rotatable bonds is 4. The molecule has 0 aromatic rings. The van der Waals surface area contributed by atoms with Crippen LogP contribution in [-0.4, -0.2) is 35.8 Å². The molecule has 0 radical (unpaired) electrons. The molecule has 0 saturated heterocycles. The Morgan fingerprint density at radius 3 is 2.89 bits per heavy atom. The van der Waals surface area contributed by atoms with Crippen LogP contribution >= 0.6 is 0 Å². The van der Waals surface area contributed by atoms with Gasteiger partial charge in [0.15, 0.2) is 0 Å². The van der Waals surface area contributed by atoms with Crippen LogP contribution in [0, 0.1) is 4.91 Å². The fourth-order valence-corrected chi connectivity index (χ4v) is 1.45. The first-order chi connectivity index (χ1) is 8.58. The molecule has 1 unspecified atom stereocenters. The van der Waals surface area contributed by atoms with Gasteiger partial charge in [0.05, 0.1) is 0 Å². The molecule has 96 valence electrons. The number of carboxylic acid groups (broad SMARTS) is 1. The molecule has 1 aliphatic rings. The smallest absolute Gasteiger partial charge is 0.332 e. The van der Waals surface area contributed by atoms with Crippen molar-refractivity contribution in [2.45, 2.75) is 19.4 Å². The number of allylic oxidation sites excluding steroid dienone is 2. The molecule has 7 heteroatoms. The van der Waals surface area contributed by atoms with Crippen molar-refractivity contribution in [1.29, 1.82) is 0 Å². The quantitative estimate of drug-likeness (QED) is 0.562. The largest absolute Gasteiger partial charge is 0.480 e. The topological polar surface area (TPSA) is 108 Å². The molecule has 2 N–H and O–H groups in total. The number of hydrogen-bond donors (Lipinski definition) is 2. The highest BCUT2D eigenvalue weighted by Gasteiger charge is 2.26. The number of carbonyl (C=O) groups excluding carboxylic acids is 1. The van der Waals surface area contributed by atoms with E-state index in [0.717, 1.165) is 0 Å². The maximum absolute atomic E-state index is 11.1. The van der Waals surface area contributed by atoms with E-state index in [2.05, 4.69) is 15.5 Å². The third-order valence-electron chi connectivity index (χ3n) is 2.29. The van der Waals surface area contributed by atoms with Gasteiger partial charge in [-0.2, -0.15) is 0 Å². The van der Waals surface area contributed by atoms with Crippen LogP contribution in [0.1, 0.15) is 13.3 Å². The van der Waals surface area contributed by atoms with Gasteiger partial charge in [0.25, 0.3) is 0 Å². The second-order valence-electron chi connectivity index (χ2n) is 3.58. The Hall–Kier alpha value is -2.31. The zero-order chi connectivity index (χ0) is 13.5. The molecule has 1 amide bonds. The van der Waals surface area contributed by atoms with Gasteiger partial charge in [-0.05, 0) is 24.6 Å². The van der Waals surface area contributed by atoms with Crippen molar-refractivity contribution in [3.05, 3.63) is 28.3 Å². The molecule has 1 atom stereocenters. The number of amides is 1. The summed E-state index contributed by atoms with van der Waals surface area (Å²) in [7, 11) is 0. The molecule has 7 nitrogen and oxygen atoms in total. The van der Waals surface area contributed by atoms with Crippen LogP contribution in [0.3, 0.4) is 0 Å². The summed E-state index contributed by atoms with van der Waals surface area (Å²) in [5, 5.41) is 13.6. The predicted octanol–water partition coefficient (Wildman–Crippen LogP) is 0.627. The van der Waals surface area contributed by atoms with Crippen molar-refractivity contribution < 1.29 is 14.7 Å². The lowest BCUT2D eigenvalue weighted by atomic mass is 10.00. The summed E-state index contributed by atoms with van der Waals surface area (Å²) >= 11 is 0. The van der Waals surface area contributed by atoms with Gasteiger partial charge in [0, 0.05) is 24.4 Å². The van der Waals surface area contributed by atoms with Crippen molar-refractivity contribution >= 4 is 18.1 Å². The summed E-state index contributed by atoms with van der Waals surface area (Å²) in [6.45, 7) is 2.47. The molecule has 0 aromatic carbocycles. The van der Waals surface area contributed by atoms with Gasteiger partial charge in [-0.25, -0.2) is 4.79 Å². The van der Waals surface area contributed by atoms with Crippen LogP contribution < -0.4 is 5.32 Å². The Morgan fingerprint density at radius 1 is 1.61 bits per heavy atom. The molecule has 0 bridgehead atoms. The highest BCUT2D eigenvalue weighted by atomic mass is 16.4. The van der Waals surface area contributed by atoms with Gasteiger partial charge in [-0.3, -0.25) is 9.79 Å². The number of nitrogens with one attached hydrogen (secondary N) is 1. The second-order valence-corrected chi connectivity index (χ2v) is 3.58. The molecule has 1 heterocycles. The van der Waals surface area contributed by atoms with Gasteiger partial charge < -0.3 is 10.4 Å². The monoisotopic (exact) mass is 251 g/mol. The summed E-state index contributed by atoms with van der Waals surface area (Å²) in [5.74, 6) is -2.11. The average molecular weight is 251 g/mol. The summed E-state index contributed by atoms with van der Waals surface area (Å²) in [4.78, 5) is 36.2. The highest BCUT2D eigenvalue weighted by molar-refractivity contribution is 5.95. The van der Waals surface area contributed by atoms with Gasteiger partial charge in [-0.1, -0.05) is 0 Å². The van der Waals surface area contributed by atoms with Crippen molar-refractivity contribution in [3.8, 4) is 0 Å². The maximum atomic E-state index is 11.1. The Morgan fingerprint density at radius 2 is 2.33 bits per heavy atom. The van der Waals surface area contributed by atoms with Crippen LogP contribution in [0.2, 0.25) is 0 Å². The number of aliphatic imine (C=N–C) groups is 1. The lowest BCUT2D eigenvalue weighted by Gasteiger charge is -2.21. The summed E-state index contributed by atoms with van der Waals surface area (Å²) in [6, 6.07) is -0.947. The van der Waals surface area contributed by atoms with Crippen molar-refractivity contribution in [2.24, 2.45) is 10.2 Å². The minimum absolute atomic E-state index is 0.111. The van der Waals surface area contributed by atoms with E-state index in [4.69, 9.17) is 5.11 Å². The summed E-state index contributed by atoms with van der Waals surface area (Å²) in [6.07, 6.45) is 4.76. The minimum atomic E-state index is -1.10. The maximum Gasteiger partial charge on any atom is 0.332 e. The van der Waals surface area contributed by atoms with E-state index >= 15 is 0 Å². The molecular formula is C11H13N3O4. The van der Waals surface area contributed by atoms with E-state index in [9.17, 15) is 14.5 Å². The van der Waals surface area contributed by atoms with Crippen molar-refractivity contribution in [2.75, 3.05) is 6.54 Å². The van der Waals surface area contributed by atoms with Crippen molar-refractivity contribution in [3.63, 3.8) is 0 Å². The fourth-order valence-electron chi connectivity index (χ4n) is 1.45. The number of hydrogen-bond acceptors (Lipinski definition) is 5. The molecule has 0 aliphatic carbocycles. The molecule has 1 rings (SSSR count). The zero-order valence-corrected chi connectivity index (χ0v) is 9.79. The molecule has 18 heavy (non-hydrogen) atoms. The lowest BCUT2D eigenvalue weighted by Crippen LogP contribution is -2.40. The van der Waals surface area contributed by atoms with E-state index in [1.54, 1.807) is 6.08 Å². The standard InChI is InChI=1S/C11H13N3O4/c1-2-12-4-3-7-5-8(10(15)14-18)13-9(6-7)11(16)17/h3-5,9,13H,2,6H2,1H3,(H,16,17)/b7-3+,12-4?. The first-order valence-corrected chi connectivity index (χ1v) is 5.36. The number of nitroso groups, excluding NO2 is 1. The molecular weight excluding hydrogens is 238 g/mol. The number of carboxylic acids is 1. The van der Waals surface area contributed by atoms with Crippen LogP contribution in [0.25, 0.3) is 0 Å². The van der Waals surface area contributed by atoms with Gasteiger partial charge in [0.2, 0.25) is 0 Å². The Balaban J connectivity index is 2.99. The van der Waals surface area contributed by atoms with E-state index in [-0.39, 0.29) is 12.1 Å². The number of nitrogens with zero attached hydrogens (tertiary/aromatic N) is 2. The Bertz CT molecular complexity index is 451. The Labute approximate surface area is 103 Å². The van der Waals surface area contributed by atoms with E-state index in [0.29, 0.717) is 12.1 Å². The SMILES string of the molecule is CCN=C/C=C1\C=C(C(=O)N=O)NC(C(=O)O)C1. The van der Waals surface area contributed by atoms with E-state index < -0.39 is 17.9 Å². The van der Waals surface area contributed by atoms with Crippen molar-refractivity contribution in [1.82, 2.24) is 5.32 Å². The van der Waals surface area contributed by atoms with Crippen LogP contribution in [0.5, 0.6) is 0 Å². The van der Waals surface area contributed by atoms with Gasteiger partial charge >= 0.3 is 11.9 Å². The molecule has 1 aliphatic heterocycles. The molecule has 0 fully saturated rings. The van der Waals surface area contributed by atoms with Crippen LogP contribution in [0.15, 0.2) is 33.6 Å². The highest BCUT2D eigenvalue weighted by Crippen LogP contribution is 2.17. The third-order valence-corrected chi connectivity index (χ3v) is 2.29. The Kier molecular flexibility index (Phi) is 4.91. The fraction of sp³-hybridized carbons (Fsp3) is 0.364. The zero-order valence-electron chi connectivity index (χ0n) is 9.79. The average Bonchev–Trinajstić information content (AvgIpc) is 2.37. The minimum Gasteiger partial charge on any atom is -0.480 e. The molecule has 0 saturated carbocycles. The van der Waals surface area contributed by atoms with Gasteiger partial charge in [0.1, 0.15) is 11.7 Å². The molecule has 0 aromatic heterocycles. The summed E-state index contributed by atoms with van der Waals surface area (Å²) < 4.78 is 0. The number of aliphatic carboxylic acids is 1. The lowest BCUT2D eigenvalue weighted by molar-refractivity contribution is -0.139. The van der Waals surface area contributed by atoms with Crippen LogP contribution in [0.4, 0.5) is 0 Å². The first kappa shape index (κ1) is 13.8. The van der Waals surface area contributed by atoms with E-state index in [1.807, 2.05) is 6.92 Å².